The number of hydrogen-bond acceptors (Lipinski definition) is 4. The number of rotatable bonds is 5. The van der Waals surface area contributed by atoms with Gasteiger partial charge in [0.15, 0.2) is 6.10 Å². The highest BCUT2D eigenvalue weighted by Crippen LogP contribution is 2.14. The molecule has 0 unspecified atom stereocenters. The molecule has 0 aliphatic heterocycles. The van der Waals surface area contributed by atoms with E-state index in [4.69, 9.17) is 4.74 Å². The van der Waals surface area contributed by atoms with Gasteiger partial charge in [0.2, 0.25) is 5.91 Å². The van der Waals surface area contributed by atoms with Gasteiger partial charge in [-0.25, -0.2) is 4.98 Å². The SMILES string of the molecule is Cc1cccc(O[C@H](C)C(=O)NNC(=O)Cc2nc3ccccc3[nH]2)c1. The van der Waals surface area contributed by atoms with Gasteiger partial charge in [0.25, 0.3) is 5.91 Å². The van der Waals surface area contributed by atoms with Gasteiger partial charge in [-0.15, -0.1) is 0 Å². The molecule has 0 spiro atoms. The second-order valence-electron chi connectivity index (χ2n) is 5.99. The number of carbonyl (C=O) groups excluding carboxylic acids is 2. The van der Waals surface area contributed by atoms with E-state index in [9.17, 15) is 9.59 Å². The molecule has 2 amide bonds. The van der Waals surface area contributed by atoms with Crippen LogP contribution in [-0.4, -0.2) is 27.9 Å². The van der Waals surface area contributed by atoms with Gasteiger partial charge in [-0.2, -0.15) is 0 Å². The summed E-state index contributed by atoms with van der Waals surface area (Å²) in [7, 11) is 0. The van der Waals surface area contributed by atoms with E-state index in [1.54, 1.807) is 13.0 Å². The summed E-state index contributed by atoms with van der Waals surface area (Å²) in [5.74, 6) is 0.313. The zero-order chi connectivity index (χ0) is 18.5. The number of para-hydroxylation sites is 2. The van der Waals surface area contributed by atoms with Crippen molar-refractivity contribution in [1.82, 2.24) is 20.8 Å². The third kappa shape index (κ3) is 4.38. The molecule has 7 heteroatoms. The van der Waals surface area contributed by atoms with E-state index in [1.165, 1.54) is 0 Å². The number of amides is 2. The molecule has 7 nitrogen and oxygen atoms in total. The van der Waals surface area contributed by atoms with Crippen LogP contribution in [0.15, 0.2) is 48.5 Å². The first-order valence-electron chi connectivity index (χ1n) is 8.27. The predicted octanol–water partition coefficient (Wildman–Crippen LogP) is 2.03. The molecule has 3 N–H and O–H groups in total. The maximum atomic E-state index is 12.1. The van der Waals surface area contributed by atoms with E-state index in [-0.39, 0.29) is 12.3 Å². The average Bonchev–Trinajstić information content (AvgIpc) is 3.01. The molecule has 0 bridgehead atoms. The van der Waals surface area contributed by atoms with Crippen LogP contribution in [0.1, 0.15) is 18.3 Å². The Kier molecular flexibility index (Phi) is 5.17. The van der Waals surface area contributed by atoms with E-state index in [2.05, 4.69) is 20.8 Å². The van der Waals surface area contributed by atoms with E-state index in [0.717, 1.165) is 16.6 Å². The number of hydrogen-bond donors (Lipinski definition) is 3. The molecular weight excluding hydrogens is 332 g/mol. The molecule has 1 heterocycles. The fourth-order valence-corrected chi connectivity index (χ4v) is 2.46. The summed E-state index contributed by atoms with van der Waals surface area (Å²) in [6, 6.07) is 14.9. The molecule has 26 heavy (non-hydrogen) atoms. The van der Waals surface area contributed by atoms with Gasteiger partial charge in [0, 0.05) is 0 Å². The Bertz CT molecular complexity index is 902. The summed E-state index contributed by atoms with van der Waals surface area (Å²) in [6.07, 6.45) is -0.717. The third-order valence-electron chi connectivity index (χ3n) is 3.76. The third-order valence-corrected chi connectivity index (χ3v) is 3.76. The summed E-state index contributed by atoms with van der Waals surface area (Å²) < 4.78 is 5.57. The molecule has 1 aromatic heterocycles. The number of nitrogens with one attached hydrogen (secondary N) is 3. The van der Waals surface area contributed by atoms with Crippen molar-refractivity contribution >= 4 is 22.8 Å². The molecule has 3 aromatic rings. The Morgan fingerprint density at radius 3 is 2.73 bits per heavy atom. The summed E-state index contributed by atoms with van der Waals surface area (Å²) in [4.78, 5) is 31.4. The summed E-state index contributed by atoms with van der Waals surface area (Å²) in [5.41, 5.74) is 7.43. The zero-order valence-electron chi connectivity index (χ0n) is 14.6. The maximum absolute atomic E-state index is 12.1. The second kappa shape index (κ2) is 7.69. The summed E-state index contributed by atoms with van der Waals surface area (Å²) >= 11 is 0. The van der Waals surface area contributed by atoms with Gasteiger partial charge >= 0.3 is 0 Å². The molecule has 0 aliphatic rings. The highest BCUT2D eigenvalue weighted by Gasteiger charge is 2.16. The van der Waals surface area contributed by atoms with Crippen molar-refractivity contribution in [3.05, 3.63) is 59.9 Å². The monoisotopic (exact) mass is 352 g/mol. The van der Waals surface area contributed by atoms with Gasteiger partial charge < -0.3 is 9.72 Å². The van der Waals surface area contributed by atoms with Crippen LogP contribution in [0, 0.1) is 6.92 Å². The lowest BCUT2D eigenvalue weighted by molar-refractivity contribution is -0.132. The molecule has 0 saturated heterocycles. The molecule has 2 aromatic carbocycles. The smallest absolute Gasteiger partial charge is 0.279 e. The van der Waals surface area contributed by atoms with E-state index in [0.29, 0.717) is 11.6 Å². The fraction of sp³-hybridized carbons (Fsp3) is 0.211. The number of hydrazine groups is 1. The number of aromatic nitrogens is 2. The molecule has 3 rings (SSSR count). The second-order valence-corrected chi connectivity index (χ2v) is 5.99. The van der Waals surface area contributed by atoms with Crippen LogP contribution in [0.4, 0.5) is 0 Å². The minimum absolute atomic E-state index is 0.0298. The summed E-state index contributed by atoms with van der Waals surface area (Å²) in [6.45, 7) is 3.55. The Balaban J connectivity index is 1.49. The largest absolute Gasteiger partial charge is 0.481 e. The lowest BCUT2D eigenvalue weighted by Crippen LogP contribution is -2.47. The van der Waals surface area contributed by atoms with Crippen LogP contribution in [0.5, 0.6) is 5.75 Å². The quantitative estimate of drug-likeness (QED) is 0.612. The Morgan fingerprint density at radius 1 is 1.15 bits per heavy atom. The van der Waals surface area contributed by atoms with E-state index in [1.807, 2.05) is 49.4 Å². The van der Waals surface area contributed by atoms with Gasteiger partial charge in [0.05, 0.1) is 17.5 Å². The van der Waals surface area contributed by atoms with Crippen molar-refractivity contribution in [2.75, 3.05) is 0 Å². The van der Waals surface area contributed by atoms with Gasteiger partial charge in [-0.1, -0.05) is 24.3 Å². The number of aromatic amines is 1. The average molecular weight is 352 g/mol. The first-order valence-corrected chi connectivity index (χ1v) is 8.27. The number of aryl methyl sites for hydroxylation is 1. The lowest BCUT2D eigenvalue weighted by atomic mass is 10.2. The molecule has 0 aliphatic carbocycles. The van der Waals surface area contributed by atoms with Crippen LogP contribution in [0.2, 0.25) is 0 Å². The van der Waals surface area contributed by atoms with Crippen molar-refractivity contribution in [2.24, 2.45) is 0 Å². The molecular formula is C19H20N4O3. The number of carbonyl (C=O) groups is 2. The van der Waals surface area contributed by atoms with Crippen LogP contribution < -0.4 is 15.6 Å². The molecule has 1 atom stereocenters. The van der Waals surface area contributed by atoms with Crippen LogP contribution in [-0.2, 0) is 16.0 Å². The molecule has 0 fully saturated rings. The maximum Gasteiger partial charge on any atom is 0.279 e. The lowest BCUT2D eigenvalue weighted by Gasteiger charge is -2.15. The Hall–Kier alpha value is -3.35. The fourth-order valence-electron chi connectivity index (χ4n) is 2.46. The minimum Gasteiger partial charge on any atom is -0.481 e. The molecule has 0 radical (unpaired) electrons. The first kappa shape index (κ1) is 17.5. The van der Waals surface area contributed by atoms with Crippen molar-refractivity contribution < 1.29 is 14.3 Å². The van der Waals surface area contributed by atoms with E-state index < -0.39 is 12.0 Å². The molecule has 0 saturated carbocycles. The van der Waals surface area contributed by atoms with Gasteiger partial charge in [-0.05, 0) is 43.7 Å². The van der Waals surface area contributed by atoms with Crippen molar-refractivity contribution in [3.8, 4) is 5.75 Å². The normalized spacial score (nSPS) is 11.8. The standard InChI is InChI=1S/C19H20N4O3/c1-12-6-5-7-14(10-12)26-13(2)19(25)23-22-18(24)11-17-20-15-8-3-4-9-16(15)21-17/h3-10,13H,11H2,1-2H3,(H,20,21)(H,22,24)(H,23,25)/t13-/m1/s1. The number of fused-ring (bicyclic) bond motifs is 1. The Labute approximate surface area is 150 Å². The first-order chi connectivity index (χ1) is 12.5. The number of nitrogens with zero attached hydrogens (tertiary/aromatic N) is 1. The van der Waals surface area contributed by atoms with Crippen molar-refractivity contribution in [3.63, 3.8) is 0 Å². The number of H-pyrrole nitrogens is 1. The van der Waals surface area contributed by atoms with Gasteiger partial charge in [0.1, 0.15) is 11.6 Å². The number of ether oxygens (including phenoxy) is 1. The van der Waals surface area contributed by atoms with E-state index >= 15 is 0 Å². The van der Waals surface area contributed by atoms with Crippen molar-refractivity contribution in [1.29, 1.82) is 0 Å². The van der Waals surface area contributed by atoms with Crippen LogP contribution >= 0.6 is 0 Å². The number of imidazole rings is 1. The Morgan fingerprint density at radius 2 is 1.96 bits per heavy atom. The van der Waals surface area contributed by atoms with Crippen molar-refractivity contribution in [2.45, 2.75) is 26.4 Å². The topological polar surface area (TPSA) is 96.1 Å². The molecule has 134 valence electrons. The highest BCUT2D eigenvalue weighted by molar-refractivity contribution is 5.85. The zero-order valence-corrected chi connectivity index (χ0v) is 14.6. The number of benzene rings is 2. The highest BCUT2D eigenvalue weighted by atomic mass is 16.5. The summed E-state index contributed by atoms with van der Waals surface area (Å²) in [5, 5.41) is 0. The van der Waals surface area contributed by atoms with Crippen LogP contribution in [0.25, 0.3) is 11.0 Å². The predicted molar refractivity (Wildman–Crippen MR) is 97.4 cm³/mol. The van der Waals surface area contributed by atoms with Gasteiger partial charge in [-0.3, -0.25) is 20.4 Å². The van der Waals surface area contributed by atoms with Crippen LogP contribution in [0.3, 0.4) is 0 Å². The minimum atomic E-state index is -0.747.